The highest BCUT2D eigenvalue weighted by Gasteiger charge is 2.20. The van der Waals surface area contributed by atoms with Crippen LogP contribution in [0.3, 0.4) is 0 Å². The molecular weight excluding hydrogens is 363 g/mol. The molecule has 0 N–H and O–H groups in total. The van der Waals surface area contributed by atoms with Crippen LogP contribution < -0.4 is 0 Å². The number of carbonyl (C=O) groups is 1. The maximum absolute atomic E-state index is 12.7. The molecule has 3 heterocycles. The fourth-order valence-electron chi connectivity index (χ4n) is 2.82. The first-order chi connectivity index (χ1) is 12.1. The average Bonchev–Trinajstić information content (AvgIpc) is 3.05. The Bertz CT molecular complexity index is 951. The lowest BCUT2D eigenvalue weighted by molar-refractivity contribution is 0.0302. The number of pyridine rings is 1. The standard InChI is InChI=1S/C17H14Cl2N4O2/c18-12-2-3-13(14(19)9-12)16-21-20-15-4-1-11(10-23(15)16)17(24)22-5-7-25-8-6-22/h1-4,9-10H,5-8H2. The highest BCUT2D eigenvalue weighted by molar-refractivity contribution is 6.36. The Morgan fingerprint density at radius 3 is 2.64 bits per heavy atom. The van der Waals surface area contributed by atoms with Crippen LogP contribution in [0.2, 0.25) is 10.0 Å². The summed E-state index contributed by atoms with van der Waals surface area (Å²) < 4.78 is 7.07. The first-order valence-electron chi connectivity index (χ1n) is 7.81. The van der Waals surface area contributed by atoms with Gasteiger partial charge in [0.1, 0.15) is 0 Å². The number of benzene rings is 1. The smallest absolute Gasteiger partial charge is 0.255 e. The average molecular weight is 377 g/mol. The van der Waals surface area contributed by atoms with Gasteiger partial charge in [-0.2, -0.15) is 0 Å². The molecule has 4 rings (SSSR count). The van der Waals surface area contributed by atoms with E-state index >= 15 is 0 Å². The van der Waals surface area contributed by atoms with E-state index in [0.717, 1.165) is 0 Å². The van der Waals surface area contributed by atoms with Crippen molar-refractivity contribution in [2.75, 3.05) is 26.3 Å². The van der Waals surface area contributed by atoms with Gasteiger partial charge >= 0.3 is 0 Å². The molecule has 2 aromatic heterocycles. The molecule has 0 atom stereocenters. The topological polar surface area (TPSA) is 59.7 Å². The zero-order valence-electron chi connectivity index (χ0n) is 13.2. The van der Waals surface area contributed by atoms with E-state index in [-0.39, 0.29) is 5.91 Å². The number of ether oxygens (including phenoxy) is 1. The van der Waals surface area contributed by atoms with Gasteiger partial charge in [-0.15, -0.1) is 10.2 Å². The summed E-state index contributed by atoms with van der Waals surface area (Å²) in [5.74, 6) is 0.528. The van der Waals surface area contributed by atoms with Crippen LogP contribution in [0.25, 0.3) is 17.0 Å². The van der Waals surface area contributed by atoms with E-state index in [1.165, 1.54) is 0 Å². The molecule has 1 aliphatic rings. The molecule has 0 radical (unpaired) electrons. The Morgan fingerprint density at radius 2 is 1.88 bits per heavy atom. The van der Waals surface area contributed by atoms with Crippen LogP contribution >= 0.6 is 23.2 Å². The largest absolute Gasteiger partial charge is 0.378 e. The number of carbonyl (C=O) groups excluding carboxylic acids is 1. The lowest BCUT2D eigenvalue weighted by Gasteiger charge is -2.26. The Balaban J connectivity index is 1.76. The van der Waals surface area contributed by atoms with E-state index in [0.29, 0.717) is 58.9 Å². The van der Waals surface area contributed by atoms with Crippen molar-refractivity contribution in [1.82, 2.24) is 19.5 Å². The van der Waals surface area contributed by atoms with Crippen molar-refractivity contribution in [2.45, 2.75) is 0 Å². The molecule has 25 heavy (non-hydrogen) atoms. The molecule has 0 unspecified atom stereocenters. The van der Waals surface area contributed by atoms with Gasteiger partial charge in [0.05, 0.1) is 23.8 Å². The molecule has 128 valence electrons. The number of rotatable bonds is 2. The number of morpholine rings is 1. The highest BCUT2D eigenvalue weighted by atomic mass is 35.5. The third-order valence-electron chi connectivity index (χ3n) is 4.12. The van der Waals surface area contributed by atoms with E-state index in [1.54, 1.807) is 45.8 Å². The number of fused-ring (bicyclic) bond motifs is 1. The normalized spacial score (nSPS) is 14.9. The molecule has 1 aromatic carbocycles. The van der Waals surface area contributed by atoms with E-state index in [9.17, 15) is 4.79 Å². The number of hydrogen-bond acceptors (Lipinski definition) is 4. The Labute approximate surface area is 153 Å². The maximum atomic E-state index is 12.7. The van der Waals surface area contributed by atoms with Crippen LogP contribution in [0.15, 0.2) is 36.5 Å². The summed E-state index contributed by atoms with van der Waals surface area (Å²) >= 11 is 12.3. The maximum Gasteiger partial charge on any atom is 0.255 e. The van der Waals surface area contributed by atoms with Crippen LogP contribution in [0, 0.1) is 0 Å². The van der Waals surface area contributed by atoms with Gasteiger partial charge in [0.2, 0.25) is 0 Å². The van der Waals surface area contributed by atoms with Gasteiger partial charge in [0.15, 0.2) is 11.5 Å². The molecule has 3 aromatic rings. The summed E-state index contributed by atoms with van der Waals surface area (Å²) in [7, 11) is 0. The minimum absolute atomic E-state index is 0.0351. The second kappa shape index (κ2) is 6.63. The van der Waals surface area contributed by atoms with Crippen molar-refractivity contribution in [3.63, 3.8) is 0 Å². The van der Waals surface area contributed by atoms with Gasteiger partial charge in [0.25, 0.3) is 5.91 Å². The van der Waals surface area contributed by atoms with Gasteiger partial charge in [-0.3, -0.25) is 9.20 Å². The zero-order valence-corrected chi connectivity index (χ0v) is 14.7. The quantitative estimate of drug-likeness (QED) is 0.688. The number of hydrogen-bond donors (Lipinski definition) is 0. The fraction of sp³-hybridized carbons (Fsp3) is 0.235. The van der Waals surface area contributed by atoms with E-state index in [2.05, 4.69) is 10.2 Å². The van der Waals surface area contributed by atoms with E-state index < -0.39 is 0 Å². The Hall–Kier alpha value is -2.15. The molecule has 1 amide bonds. The number of halogens is 2. The molecule has 0 bridgehead atoms. The second-order valence-electron chi connectivity index (χ2n) is 5.70. The summed E-state index contributed by atoms with van der Waals surface area (Å²) in [6.07, 6.45) is 1.74. The second-order valence-corrected chi connectivity index (χ2v) is 6.54. The molecular formula is C17H14Cl2N4O2. The van der Waals surface area contributed by atoms with E-state index in [1.807, 2.05) is 0 Å². The molecule has 6 nitrogen and oxygen atoms in total. The molecule has 1 saturated heterocycles. The number of aromatic nitrogens is 3. The van der Waals surface area contributed by atoms with Crippen LogP contribution in [-0.4, -0.2) is 51.7 Å². The van der Waals surface area contributed by atoms with Crippen molar-refractivity contribution in [2.24, 2.45) is 0 Å². The van der Waals surface area contributed by atoms with Crippen molar-refractivity contribution >= 4 is 34.8 Å². The van der Waals surface area contributed by atoms with Crippen LogP contribution in [0.1, 0.15) is 10.4 Å². The monoisotopic (exact) mass is 376 g/mol. The molecule has 0 spiro atoms. The Morgan fingerprint density at radius 1 is 1.08 bits per heavy atom. The van der Waals surface area contributed by atoms with Crippen molar-refractivity contribution in [3.05, 3.63) is 52.1 Å². The third-order valence-corrected chi connectivity index (χ3v) is 4.67. The van der Waals surface area contributed by atoms with Crippen molar-refractivity contribution in [1.29, 1.82) is 0 Å². The molecule has 1 aliphatic heterocycles. The first-order valence-corrected chi connectivity index (χ1v) is 8.56. The van der Waals surface area contributed by atoms with Crippen molar-refractivity contribution < 1.29 is 9.53 Å². The summed E-state index contributed by atoms with van der Waals surface area (Å²) in [4.78, 5) is 14.5. The van der Waals surface area contributed by atoms with Gasteiger partial charge in [-0.1, -0.05) is 23.2 Å². The number of amides is 1. The first kappa shape index (κ1) is 16.3. The van der Waals surface area contributed by atoms with Crippen LogP contribution in [0.5, 0.6) is 0 Å². The van der Waals surface area contributed by atoms with Gasteiger partial charge in [-0.05, 0) is 30.3 Å². The van der Waals surface area contributed by atoms with Crippen LogP contribution in [-0.2, 0) is 4.74 Å². The van der Waals surface area contributed by atoms with Crippen molar-refractivity contribution in [3.8, 4) is 11.4 Å². The van der Waals surface area contributed by atoms with Gasteiger partial charge < -0.3 is 9.64 Å². The van der Waals surface area contributed by atoms with E-state index in [4.69, 9.17) is 27.9 Å². The van der Waals surface area contributed by atoms with Gasteiger partial charge in [0, 0.05) is 29.9 Å². The summed E-state index contributed by atoms with van der Waals surface area (Å²) in [6.45, 7) is 2.31. The summed E-state index contributed by atoms with van der Waals surface area (Å²) in [5, 5.41) is 9.38. The molecule has 8 heteroatoms. The minimum atomic E-state index is -0.0351. The minimum Gasteiger partial charge on any atom is -0.378 e. The molecule has 1 fully saturated rings. The molecule has 0 saturated carbocycles. The Kier molecular flexibility index (Phi) is 4.33. The lowest BCUT2D eigenvalue weighted by Crippen LogP contribution is -2.40. The zero-order chi connectivity index (χ0) is 17.4. The highest BCUT2D eigenvalue weighted by Crippen LogP contribution is 2.29. The fourth-order valence-corrected chi connectivity index (χ4v) is 3.31. The summed E-state index contributed by atoms with van der Waals surface area (Å²) in [6, 6.07) is 8.72. The lowest BCUT2D eigenvalue weighted by atomic mass is 10.2. The van der Waals surface area contributed by atoms with Gasteiger partial charge in [-0.25, -0.2) is 0 Å². The predicted octanol–water partition coefficient (Wildman–Crippen LogP) is 3.18. The predicted molar refractivity (Wildman–Crippen MR) is 95.2 cm³/mol. The molecule has 0 aliphatic carbocycles. The number of nitrogens with zero attached hydrogens (tertiary/aromatic N) is 4. The summed E-state index contributed by atoms with van der Waals surface area (Å²) in [5.41, 5.74) is 1.91. The third kappa shape index (κ3) is 3.08. The SMILES string of the molecule is O=C(c1ccc2nnc(-c3ccc(Cl)cc3Cl)n2c1)N1CCOCC1. The van der Waals surface area contributed by atoms with Crippen LogP contribution in [0.4, 0.5) is 0 Å².